The number of carbonyl (C=O) groups excluding carboxylic acids is 1. The van der Waals surface area contributed by atoms with Gasteiger partial charge in [-0.2, -0.15) is 0 Å². The summed E-state index contributed by atoms with van der Waals surface area (Å²) in [5.74, 6) is 0. The van der Waals surface area contributed by atoms with Gasteiger partial charge in [-0.25, -0.2) is 0 Å². The van der Waals surface area contributed by atoms with E-state index in [1.54, 1.807) is 0 Å². The maximum Gasteiger partial charge on any atom is 0.154 e. The summed E-state index contributed by atoms with van der Waals surface area (Å²) >= 11 is 0. The summed E-state index contributed by atoms with van der Waals surface area (Å²) in [4.78, 5) is 10.1. The van der Waals surface area contributed by atoms with Crippen molar-refractivity contribution < 1.29 is 20.1 Å². The molecular formula is C6H12O4. The quantitative estimate of drug-likeness (QED) is 0.432. The summed E-state index contributed by atoms with van der Waals surface area (Å²) in [6.45, 7) is 0.783. The van der Waals surface area contributed by atoms with Crippen LogP contribution in [0.15, 0.2) is 0 Å². The van der Waals surface area contributed by atoms with Crippen molar-refractivity contribution >= 4 is 6.29 Å². The van der Waals surface area contributed by atoms with Gasteiger partial charge in [-0.1, -0.05) is 0 Å². The number of hydrogen-bond acceptors (Lipinski definition) is 4. The highest BCUT2D eigenvalue weighted by Gasteiger charge is 2.26. The standard InChI is InChI=1S/C6H12O4/c1-5(9)2-6(10,3-7)4-8/h3,5,8-10H,2,4H2,1H3. The SMILES string of the molecule is CC(O)CC(O)(C=O)CO. The zero-order chi connectivity index (χ0) is 8.20. The van der Waals surface area contributed by atoms with E-state index in [-0.39, 0.29) is 12.7 Å². The van der Waals surface area contributed by atoms with Crippen LogP contribution >= 0.6 is 0 Å². The lowest BCUT2D eigenvalue weighted by molar-refractivity contribution is -0.131. The third-order valence-corrected chi connectivity index (χ3v) is 1.14. The first-order valence-corrected chi connectivity index (χ1v) is 3.02. The molecule has 0 aliphatic carbocycles. The minimum Gasteiger partial charge on any atom is -0.393 e. The monoisotopic (exact) mass is 148 g/mol. The van der Waals surface area contributed by atoms with E-state index in [2.05, 4.69) is 0 Å². The van der Waals surface area contributed by atoms with Gasteiger partial charge < -0.3 is 20.1 Å². The molecule has 0 aromatic heterocycles. The van der Waals surface area contributed by atoms with Gasteiger partial charge in [0.2, 0.25) is 0 Å². The van der Waals surface area contributed by atoms with E-state index >= 15 is 0 Å². The molecule has 4 heteroatoms. The summed E-state index contributed by atoms with van der Waals surface area (Å²) < 4.78 is 0. The van der Waals surface area contributed by atoms with Crippen LogP contribution in [0.2, 0.25) is 0 Å². The van der Waals surface area contributed by atoms with Gasteiger partial charge in [0.25, 0.3) is 0 Å². The van der Waals surface area contributed by atoms with Crippen LogP contribution in [-0.4, -0.2) is 39.9 Å². The molecule has 0 aromatic rings. The first-order chi connectivity index (χ1) is 4.54. The van der Waals surface area contributed by atoms with Gasteiger partial charge in [-0.15, -0.1) is 0 Å². The molecule has 2 atom stereocenters. The minimum absolute atomic E-state index is 0.132. The van der Waals surface area contributed by atoms with Gasteiger partial charge in [-0.3, -0.25) is 0 Å². The molecule has 0 saturated heterocycles. The average molecular weight is 148 g/mol. The fourth-order valence-corrected chi connectivity index (χ4v) is 0.661. The van der Waals surface area contributed by atoms with E-state index in [9.17, 15) is 4.79 Å². The van der Waals surface area contributed by atoms with Gasteiger partial charge in [0, 0.05) is 6.42 Å². The number of aliphatic hydroxyl groups is 3. The first-order valence-electron chi connectivity index (χ1n) is 3.02. The molecule has 0 saturated carbocycles. The fraction of sp³-hybridized carbons (Fsp3) is 0.833. The molecule has 2 unspecified atom stereocenters. The van der Waals surface area contributed by atoms with Crippen molar-refractivity contribution in [1.82, 2.24) is 0 Å². The summed E-state index contributed by atoms with van der Waals surface area (Å²) in [6, 6.07) is 0. The van der Waals surface area contributed by atoms with E-state index in [0.29, 0.717) is 0 Å². The molecule has 0 rings (SSSR count). The Morgan fingerprint density at radius 1 is 1.70 bits per heavy atom. The molecule has 0 aromatic carbocycles. The van der Waals surface area contributed by atoms with Crippen LogP contribution in [0.4, 0.5) is 0 Å². The maximum atomic E-state index is 10.1. The second-order valence-electron chi connectivity index (χ2n) is 2.43. The molecular weight excluding hydrogens is 136 g/mol. The van der Waals surface area contributed by atoms with Crippen molar-refractivity contribution in [2.75, 3.05) is 6.61 Å². The van der Waals surface area contributed by atoms with Crippen molar-refractivity contribution in [3.63, 3.8) is 0 Å². The number of aldehydes is 1. The van der Waals surface area contributed by atoms with E-state index in [4.69, 9.17) is 15.3 Å². The van der Waals surface area contributed by atoms with Crippen molar-refractivity contribution in [2.45, 2.75) is 25.0 Å². The predicted molar refractivity (Wildman–Crippen MR) is 34.4 cm³/mol. The third kappa shape index (κ3) is 2.91. The van der Waals surface area contributed by atoms with E-state index in [0.717, 1.165) is 0 Å². The van der Waals surface area contributed by atoms with Crippen molar-refractivity contribution in [1.29, 1.82) is 0 Å². The van der Waals surface area contributed by atoms with Crippen molar-refractivity contribution in [3.05, 3.63) is 0 Å². The van der Waals surface area contributed by atoms with Crippen LogP contribution < -0.4 is 0 Å². The first kappa shape index (κ1) is 9.55. The molecule has 4 nitrogen and oxygen atoms in total. The molecule has 0 heterocycles. The van der Waals surface area contributed by atoms with Crippen LogP contribution in [0.5, 0.6) is 0 Å². The fourth-order valence-electron chi connectivity index (χ4n) is 0.661. The largest absolute Gasteiger partial charge is 0.393 e. The Morgan fingerprint density at radius 2 is 2.20 bits per heavy atom. The average Bonchev–Trinajstić information content (AvgIpc) is 1.87. The minimum atomic E-state index is -1.77. The highest BCUT2D eigenvalue weighted by molar-refractivity contribution is 5.62. The summed E-state index contributed by atoms with van der Waals surface area (Å²) in [7, 11) is 0. The van der Waals surface area contributed by atoms with Gasteiger partial charge in [0.1, 0.15) is 5.60 Å². The van der Waals surface area contributed by atoms with Crippen LogP contribution in [0, 0.1) is 0 Å². The normalized spacial score (nSPS) is 19.6. The Balaban J connectivity index is 3.92. The van der Waals surface area contributed by atoms with Crippen molar-refractivity contribution in [3.8, 4) is 0 Å². The van der Waals surface area contributed by atoms with Gasteiger partial charge in [-0.05, 0) is 6.92 Å². The lowest BCUT2D eigenvalue weighted by Gasteiger charge is -2.19. The topological polar surface area (TPSA) is 77.8 Å². The lowest BCUT2D eigenvalue weighted by atomic mass is 10.00. The summed E-state index contributed by atoms with van der Waals surface area (Å²) in [6.07, 6.45) is -0.686. The molecule has 0 bridgehead atoms. The Morgan fingerprint density at radius 3 is 2.30 bits per heavy atom. The summed E-state index contributed by atoms with van der Waals surface area (Å²) in [5.41, 5.74) is -1.77. The molecule has 0 radical (unpaired) electrons. The lowest BCUT2D eigenvalue weighted by Crippen LogP contribution is -2.38. The van der Waals surface area contributed by atoms with Crippen molar-refractivity contribution in [2.24, 2.45) is 0 Å². The summed E-state index contributed by atoms with van der Waals surface area (Å²) in [5, 5.41) is 26.2. The van der Waals surface area contributed by atoms with Crippen LogP contribution in [0.1, 0.15) is 13.3 Å². The van der Waals surface area contributed by atoms with E-state index < -0.39 is 18.3 Å². The molecule has 60 valence electrons. The molecule has 3 N–H and O–H groups in total. The Kier molecular flexibility index (Phi) is 3.49. The second kappa shape index (κ2) is 3.65. The highest BCUT2D eigenvalue weighted by atomic mass is 16.3. The second-order valence-corrected chi connectivity index (χ2v) is 2.43. The number of aliphatic hydroxyl groups excluding tert-OH is 2. The zero-order valence-electron chi connectivity index (χ0n) is 5.82. The number of carbonyl (C=O) groups is 1. The molecule has 0 aliphatic heterocycles. The molecule has 10 heavy (non-hydrogen) atoms. The molecule has 0 spiro atoms. The Bertz CT molecular complexity index is 112. The van der Waals surface area contributed by atoms with E-state index in [1.807, 2.05) is 0 Å². The Hall–Kier alpha value is -0.450. The van der Waals surface area contributed by atoms with Gasteiger partial charge in [0.05, 0.1) is 12.7 Å². The smallest absolute Gasteiger partial charge is 0.154 e. The Labute approximate surface area is 59.1 Å². The van der Waals surface area contributed by atoms with Crippen LogP contribution in [0.3, 0.4) is 0 Å². The third-order valence-electron chi connectivity index (χ3n) is 1.14. The molecule has 0 aliphatic rings. The zero-order valence-corrected chi connectivity index (χ0v) is 5.82. The molecule has 0 fully saturated rings. The molecule has 0 amide bonds. The maximum absolute atomic E-state index is 10.1. The number of rotatable bonds is 4. The highest BCUT2D eigenvalue weighted by Crippen LogP contribution is 2.08. The van der Waals surface area contributed by atoms with E-state index in [1.165, 1.54) is 6.92 Å². The van der Waals surface area contributed by atoms with Gasteiger partial charge >= 0.3 is 0 Å². The van der Waals surface area contributed by atoms with Gasteiger partial charge in [0.15, 0.2) is 6.29 Å². The predicted octanol–water partition coefficient (Wildman–Crippen LogP) is -1.32. The number of hydrogen-bond donors (Lipinski definition) is 3. The van der Waals surface area contributed by atoms with Crippen LogP contribution in [0.25, 0.3) is 0 Å². The van der Waals surface area contributed by atoms with Crippen LogP contribution in [-0.2, 0) is 4.79 Å².